The first-order chi connectivity index (χ1) is 4.88. The zero-order chi connectivity index (χ0) is 7.40. The lowest BCUT2D eigenvalue weighted by Crippen LogP contribution is -2.30. The molecule has 1 aliphatic rings. The van der Waals surface area contributed by atoms with E-state index < -0.39 is 0 Å². The van der Waals surface area contributed by atoms with E-state index in [4.69, 9.17) is 0 Å². The summed E-state index contributed by atoms with van der Waals surface area (Å²) in [5.41, 5.74) is 0. The molecule has 0 unspecified atom stereocenters. The summed E-state index contributed by atoms with van der Waals surface area (Å²) in [5, 5.41) is 1.40. The van der Waals surface area contributed by atoms with Crippen LogP contribution in [0.15, 0.2) is 0 Å². The second-order valence-electron chi connectivity index (χ2n) is 2.19. The van der Waals surface area contributed by atoms with Gasteiger partial charge in [-0.05, 0) is 12.8 Å². The predicted molar refractivity (Wildman–Crippen MR) is 32.9 cm³/mol. The van der Waals surface area contributed by atoms with Crippen molar-refractivity contribution in [3.8, 4) is 0 Å². The molecule has 0 N–H and O–H groups in total. The minimum absolute atomic E-state index is 0.217. The van der Waals surface area contributed by atoms with Crippen molar-refractivity contribution < 1.29 is 14.4 Å². The smallest absolute Gasteiger partial charge is 0.313 e. The van der Waals surface area contributed by atoms with E-state index in [9.17, 15) is 9.59 Å². The van der Waals surface area contributed by atoms with Crippen molar-refractivity contribution in [2.24, 2.45) is 0 Å². The third kappa shape index (κ3) is 1.33. The van der Waals surface area contributed by atoms with E-state index in [2.05, 4.69) is 4.84 Å². The fourth-order valence-corrected chi connectivity index (χ4v) is 1.09. The van der Waals surface area contributed by atoms with Gasteiger partial charge in [0.2, 0.25) is 0 Å². The highest BCUT2D eigenvalue weighted by molar-refractivity contribution is 5.58. The maximum atomic E-state index is 10.3. The zero-order valence-electron chi connectivity index (χ0n) is 5.53. The number of aldehydes is 1. The van der Waals surface area contributed by atoms with Gasteiger partial charge in [0.25, 0.3) is 0 Å². The first-order valence-electron chi connectivity index (χ1n) is 3.21. The monoisotopic (exact) mass is 143 g/mol. The third-order valence-corrected chi connectivity index (χ3v) is 1.58. The van der Waals surface area contributed by atoms with Crippen LogP contribution in [0.3, 0.4) is 0 Å². The maximum Gasteiger partial charge on any atom is 0.313 e. The second kappa shape index (κ2) is 3.31. The normalized spacial score (nSPS) is 26.2. The first kappa shape index (κ1) is 7.21. The Kier molecular flexibility index (Phi) is 2.39. The summed E-state index contributed by atoms with van der Waals surface area (Å²) in [6, 6.07) is -0.217. The molecule has 0 aromatic heterocycles. The molecule has 0 aliphatic carbocycles. The number of carbonyl (C=O) groups is 2. The highest BCUT2D eigenvalue weighted by atomic mass is 16.7. The molecule has 0 radical (unpaired) electrons. The molecule has 0 spiro atoms. The lowest BCUT2D eigenvalue weighted by molar-refractivity contribution is -0.177. The summed E-state index contributed by atoms with van der Waals surface area (Å²) >= 11 is 0. The Morgan fingerprint density at radius 1 is 1.50 bits per heavy atom. The van der Waals surface area contributed by atoms with E-state index in [0.717, 1.165) is 19.1 Å². The average Bonchev–Trinajstić information content (AvgIpc) is 2.36. The van der Waals surface area contributed by atoms with Crippen molar-refractivity contribution in [2.75, 3.05) is 6.54 Å². The lowest BCUT2D eigenvalue weighted by Gasteiger charge is -2.14. The van der Waals surface area contributed by atoms with E-state index >= 15 is 0 Å². The quantitative estimate of drug-likeness (QED) is 0.510. The van der Waals surface area contributed by atoms with Crippen LogP contribution in [0.2, 0.25) is 0 Å². The Morgan fingerprint density at radius 2 is 2.30 bits per heavy atom. The van der Waals surface area contributed by atoms with E-state index in [0.29, 0.717) is 13.0 Å². The summed E-state index contributed by atoms with van der Waals surface area (Å²) in [5.74, 6) is 0. The fourth-order valence-electron chi connectivity index (χ4n) is 1.09. The lowest BCUT2D eigenvalue weighted by atomic mass is 10.2. The van der Waals surface area contributed by atoms with E-state index in [1.165, 1.54) is 5.06 Å². The van der Waals surface area contributed by atoms with Crippen LogP contribution in [0.1, 0.15) is 12.8 Å². The van der Waals surface area contributed by atoms with Crippen LogP contribution in [0.5, 0.6) is 0 Å². The molecule has 0 bridgehead atoms. The zero-order valence-corrected chi connectivity index (χ0v) is 5.53. The number of nitrogens with zero attached hydrogens (tertiary/aromatic N) is 1. The van der Waals surface area contributed by atoms with E-state index in [1.54, 1.807) is 0 Å². The van der Waals surface area contributed by atoms with Gasteiger partial charge in [-0.1, -0.05) is 0 Å². The number of rotatable bonds is 3. The minimum atomic E-state index is -0.217. The van der Waals surface area contributed by atoms with Crippen LogP contribution in [-0.4, -0.2) is 30.4 Å². The molecule has 1 aliphatic heterocycles. The van der Waals surface area contributed by atoms with Crippen LogP contribution in [-0.2, 0) is 14.4 Å². The van der Waals surface area contributed by atoms with Crippen LogP contribution < -0.4 is 0 Å². The van der Waals surface area contributed by atoms with Gasteiger partial charge >= 0.3 is 6.47 Å². The van der Waals surface area contributed by atoms with E-state index in [-0.39, 0.29) is 6.04 Å². The average molecular weight is 143 g/mol. The maximum absolute atomic E-state index is 10.3. The molecule has 1 atom stereocenters. The number of hydrogen-bond acceptors (Lipinski definition) is 4. The third-order valence-electron chi connectivity index (χ3n) is 1.58. The molecule has 1 saturated heterocycles. The van der Waals surface area contributed by atoms with Crippen molar-refractivity contribution in [3.63, 3.8) is 0 Å². The fraction of sp³-hybridized carbons (Fsp3) is 0.667. The van der Waals surface area contributed by atoms with Gasteiger partial charge in [0.05, 0.1) is 0 Å². The molecule has 1 fully saturated rings. The Bertz CT molecular complexity index is 137. The number of hydrogen-bond donors (Lipinski definition) is 0. The van der Waals surface area contributed by atoms with Gasteiger partial charge < -0.3 is 9.63 Å². The molecule has 10 heavy (non-hydrogen) atoms. The van der Waals surface area contributed by atoms with Crippen molar-refractivity contribution in [1.29, 1.82) is 0 Å². The van der Waals surface area contributed by atoms with Crippen LogP contribution in [0.25, 0.3) is 0 Å². The van der Waals surface area contributed by atoms with Gasteiger partial charge in [-0.2, -0.15) is 0 Å². The summed E-state index contributed by atoms with van der Waals surface area (Å²) in [6.45, 7) is 1.02. The SMILES string of the molecule is O=CON1CCC[C@H]1C=O. The summed E-state index contributed by atoms with van der Waals surface area (Å²) < 4.78 is 0. The van der Waals surface area contributed by atoms with Gasteiger partial charge in [0.15, 0.2) is 0 Å². The molecule has 0 aromatic rings. The van der Waals surface area contributed by atoms with Gasteiger partial charge in [0.1, 0.15) is 12.3 Å². The Hall–Kier alpha value is -0.900. The number of hydroxylamine groups is 2. The van der Waals surface area contributed by atoms with Crippen LogP contribution >= 0.6 is 0 Å². The molecule has 0 amide bonds. The van der Waals surface area contributed by atoms with Crippen molar-refractivity contribution in [1.82, 2.24) is 5.06 Å². The molecule has 4 nitrogen and oxygen atoms in total. The van der Waals surface area contributed by atoms with Gasteiger partial charge in [-0.25, -0.2) is 0 Å². The van der Waals surface area contributed by atoms with Gasteiger partial charge in [-0.3, -0.25) is 4.79 Å². The molecule has 1 rings (SSSR count). The molecule has 56 valence electrons. The minimum Gasteiger partial charge on any atom is -0.370 e. The topological polar surface area (TPSA) is 46.6 Å². The largest absolute Gasteiger partial charge is 0.370 e. The molecule has 0 aromatic carbocycles. The Labute approximate surface area is 58.7 Å². The van der Waals surface area contributed by atoms with Crippen molar-refractivity contribution in [3.05, 3.63) is 0 Å². The molecular formula is C6H9NO3. The highest BCUT2D eigenvalue weighted by Gasteiger charge is 2.24. The predicted octanol–water partition coefficient (Wildman–Crippen LogP) is -0.262. The Morgan fingerprint density at radius 3 is 2.90 bits per heavy atom. The first-order valence-corrected chi connectivity index (χ1v) is 3.21. The molecular weight excluding hydrogens is 134 g/mol. The highest BCUT2D eigenvalue weighted by Crippen LogP contribution is 2.14. The molecule has 0 saturated carbocycles. The van der Waals surface area contributed by atoms with Gasteiger partial charge in [-0.15, -0.1) is 5.06 Å². The van der Waals surface area contributed by atoms with Crippen LogP contribution in [0.4, 0.5) is 0 Å². The van der Waals surface area contributed by atoms with Crippen molar-refractivity contribution in [2.45, 2.75) is 18.9 Å². The second-order valence-corrected chi connectivity index (χ2v) is 2.19. The standard InChI is InChI=1S/C6H9NO3/c8-4-6-2-1-3-7(6)10-5-9/h4-6H,1-3H2/t6-/m0/s1. The van der Waals surface area contributed by atoms with E-state index in [1.807, 2.05) is 0 Å². The van der Waals surface area contributed by atoms with Crippen molar-refractivity contribution >= 4 is 12.8 Å². The summed E-state index contributed by atoms with van der Waals surface area (Å²) in [6.07, 6.45) is 2.51. The van der Waals surface area contributed by atoms with Gasteiger partial charge in [0, 0.05) is 6.54 Å². The summed E-state index contributed by atoms with van der Waals surface area (Å²) in [4.78, 5) is 24.6. The molecule has 1 heterocycles. The summed E-state index contributed by atoms with van der Waals surface area (Å²) in [7, 11) is 0. The van der Waals surface area contributed by atoms with Crippen LogP contribution in [0, 0.1) is 0 Å². The number of carbonyl (C=O) groups excluding carboxylic acids is 2. The molecule has 4 heteroatoms. The Balaban J connectivity index is 2.41.